The van der Waals surface area contributed by atoms with Gasteiger partial charge in [-0.15, -0.1) is 0 Å². The number of aromatic nitrogens is 3. The van der Waals surface area contributed by atoms with Crippen LogP contribution in [0.2, 0.25) is 0 Å². The second kappa shape index (κ2) is 3.48. The van der Waals surface area contributed by atoms with Crippen LogP contribution in [0.1, 0.15) is 28.5 Å². The zero-order valence-corrected chi connectivity index (χ0v) is 8.94. The van der Waals surface area contributed by atoms with Gasteiger partial charge in [0.25, 0.3) is 5.56 Å². The van der Waals surface area contributed by atoms with Gasteiger partial charge in [-0.1, -0.05) is 6.92 Å². The molecule has 2 N–H and O–H groups in total. The van der Waals surface area contributed by atoms with Crippen LogP contribution in [0.5, 0.6) is 0 Å². The van der Waals surface area contributed by atoms with Crippen molar-refractivity contribution < 1.29 is 9.90 Å². The van der Waals surface area contributed by atoms with E-state index in [-0.39, 0.29) is 16.8 Å². The third-order valence-electron chi connectivity index (χ3n) is 2.55. The molecule has 6 nitrogen and oxygen atoms in total. The van der Waals surface area contributed by atoms with Crippen LogP contribution < -0.4 is 5.56 Å². The number of aromatic carboxylic acids is 1. The van der Waals surface area contributed by atoms with Gasteiger partial charge in [-0.3, -0.25) is 9.89 Å². The van der Waals surface area contributed by atoms with Crippen LogP contribution in [0.25, 0.3) is 5.65 Å². The molecule has 2 rings (SSSR count). The van der Waals surface area contributed by atoms with Gasteiger partial charge in [0.2, 0.25) is 0 Å². The van der Waals surface area contributed by atoms with Crippen molar-refractivity contribution in [2.45, 2.75) is 20.3 Å². The zero-order valence-electron chi connectivity index (χ0n) is 8.94. The Balaban J connectivity index is 2.90. The molecule has 6 heteroatoms. The molecule has 0 atom stereocenters. The first-order chi connectivity index (χ1) is 7.56. The Hall–Kier alpha value is -2.11. The minimum Gasteiger partial charge on any atom is -0.477 e. The summed E-state index contributed by atoms with van der Waals surface area (Å²) >= 11 is 0. The lowest BCUT2D eigenvalue weighted by Crippen LogP contribution is -2.21. The van der Waals surface area contributed by atoms with Crippen molar-refractivity contribution in [3.8, 4) is 0 Å². The van der Waals surface area contributed by atoms with Gasteiger partial charge >= 0.3 is 5.97 Å². The van der Waals surface area contributed by atoms with Gasteiger partial charge in [0, 0.05) is 17.5 Å². The molecule has 84 valence electrons. The number of hydrogen-bond acceptors (Lipinski definition) is 3. The highest BCUT2D eigenvalue weighted by Gasteiger charge is 2.16. The molecule has 0 radical (unpaired) electrons. The van der Waals surface area contributed by atoms with Crippen molar-refractivity contribution in [1.29, 1.82) is 0 Å². The van der Waals surface area contributed by atoms with E-state index < -0.39 is 5.97 Å². The standard InChI is InChI=1S/C10H11N3O3/c1-3-6-5(2)12-8-7(10(15)16)4-11-13(8)9(6)14/h4,11H,3H2,1-2H3,(H,15,16). The molecule has 0 aromatic carbocycles. The Morgan fingerprint density at radius 2 is 2.31 bits per heavy atom. The van der Waals surface area contributed by atoms with E-state index in [0.29, 0.717) is 17.7 Å². The summed E-state index contributed by atoms with van der Waals surface area (Å²) in [5.41, 5.74) is 1.10. The largest absolute Gasteiger partial charge is 0.477 e. The molecule has 2 aromatic heterocycles. The second-order valence-electron chi connectivity index (χ2n) is 3.49. The maximum atomic E-state index is 11.9. The third kappa shape index (κ3) is 1.30. The first-order valence-corrected chi connectivity index (χ1v) is 4.89. The number of H-pyrrole nitrogens is 1. The Morgan fingerprint density at radius 1 is 1.62 bits per heavy atom. The van der Waals surface area contributed by atoms with E-state index in [1.54, 1.807) is 6.92 Å². The van der Waals surface area contributed by atoms with Gasteiger partial charge in [0.1, 0.15) is 5.56 Å². The highest BCUT2D eigenvalue weighted by molar-refractivity contribution is 5.94. The normalized spacial score (nSPS) is 10.9. The number of carbonyl (C=O) groups is 1. The van der Waals surface area contributed by atoms with Crippen LogP contribution in [0.15, 0.2) is 11.0 Å². The van der Waals surface area contributed by atoms with Crippen molar-refractivity contribution in [2.75, 3.05) is 0 Å². The van der Waals surface area contributed by atoms with E-state index in [1.165, 1.54) is 6.20 Å². The molecule has 0 bridgehead atoms. The maximum absolute atomic E-state index is 11.9. The van der Waals surface area contributed by atoms with Gasteiger partial charge in [-0.25, -0.2) is 14.3 Å². The molecule has 0 aliphatic heterocycles. The lowest BCUT2D eigenvalue weighted by atomic mass is 10.2. The fourth-order valence-corrected chi connectivity index (χ4v) is 1.72. The number of rotatable bonds is 2. The number of carboxylic acid groups (broad SMARTS) is 1. The smallest absolute Gasteiger partial charge is 0.341 e. The van der Waals surface area contributed by atoms with Gasteiger partial charge < -0.3 is 5.11 Å². The molecule has 2 heterocycles. The minimum atomic E-state index is -1.10. The molecule has 0 unspecified atom stereocenters. The first kappa shape index (κ1) is 10.4. The molecular weight excluding hydrogens is 210 g/mol. The molecule has 16 heavy (non-hydrogen) atoms. The second-order valence-corrected chi connectivity index (χ2v) is 3.49. The molecule has 2 aromatic rings. The SMILES string of the molecule is CCc1c(C)nc2c(C(=O)O)c[nH]n2c1=O. The van der Waals surface area contributed by atoms with Crippen LogP contribution >= 0.6 is 0 Å². The summed E-state index contributed by atoms with van der Waals surface area (Å²) in [6.45, 7) is 3.57. The van der Waals surface area contributed by atoms with Crippen LogP contribution in [0, 0.1) is 6.92 Å². The lowest BCUT2D eigenvalue weighted by Gasteiger charge is -2.02. The molecule has 0 fully saturated rings. The van der Waals surface area contributed by atoms with E-state index in [0.717, 1.165) is 4.52 Å². The Labute approximate surface area is 90.5 Å². The first-order valence-electron chi connectivity index (χ1n) is 4.89. The van der Waals surface area contributed by atoms with E-state index in [2.05, 4.69) is 10.1 Å². The number of carboxylic acids is 1. The molecule has 0 amide bonds. The van der Waals surface area contributed by atoms with Crippen LogP contribution in [-0.4, -0.2) is 25.7 Å². The number of aryl methyl sites for hydroxylation is 1. The van der Waals surface area contributed by atoms with E-state index >= 15 is 0 Å². The van der Waals surface area contributed by atoms with Crippen molar-refractivity contribution in [3.63, 3.8) is 0 Å². The van der Waals surface area contributed by atoms with E-state index in [9.17, 15) is 9.59 Å². The van der Waals surface area contributed by atoms with Crippen molar-refractivity contribution >= 4 is 11.6 Å². The lowest BCUT2D eigenvalue weighted by molar-refractivity contribution is 0.0699. The van der Waals surface area contributed by atoms with Gasteiger partial charge in [-0.2, -0.15) is 0 Å². The fourth-order valence-electron chi connectivity index (χ4n) is 1.72. The van der Waals surface area contributed by atoms with Crippen molar-refractivity contribution in [2.24, 2.45) is 0 Å². The monoisotopic (exact) mass is 221 g/mol. The number of hydrogen-bond donors (Lipinski definition) is 2. The number of nitrogens with one attached hydrogen (secondary N) is 1. The molecular formula is C10H11N3O3. The molecule has 0 aliphatic rings. The molecule has 0 spiro atoms. The molecule has 0 saturated heterocycles. The molecule has 0 aliphatic carbocycles. The Morgan fingerprint density at radius 3 is 2.88 bits per heavy atom. The van der Waals surface area contributed by atoms with Crippen LogP contribution in [0.3, 0.4) is 0 Å². The van der Waals surface area contributed by atoms with Crippen LogP contribution in [-0.2, 0) is 6.42 Å². The summed E-state index contributed by atoms with van der Waals surface area (Å²) in [4.78, 5) is 26.9. The number of aromatic amines is 1. The van der Waals surface area contributed by atoms with Crippen molar-refractivity contribution in [3.05, 3.63) is 33.4 Å². The maximum Gasteiger partial charge on any atom is 0.341 e. The Bertz CT molecular complexity index is 624. The van der Waals surface area contributed by atoms with Gasteiger partial charge in [-0.05, 0) is 13.3 Å². The quantitative estimate of drug-likeness (QED) is 0.777. The predicted molar refractivity (Wildman–Crippen MR) is 56.9 cm³/mol. The van der Waals surface area contributed by atoms with Gasteiger partial charge in [0.15, 0.2) is 5.65 Å². The summed E-state index contributed by atoms with van der Waals surface area (Å²) in [6.07, 6.45) is 1.84. The zero-order chi connectivity index (χ0) is 11.9. The minimum absolute atomic E-state index is 0.00264. The van der Waals surface area contributed by atoms with E-state index in [1.807, 2.05) is 6.92 Å². The highest BCUT2D eigenvalue weighted by atomic mass is 16.4. The summed E-state index contributed by atoms with van der Waals surface area (Å²) in [5, 5.41) is 11.5. The summed E-state index contributed by atoms with van der Waals surface area (Å²) in [7, 11) is 0. The summed E-state index contributed by atoms with van der Waals surface area (Å²) < 4.78 is 1.16. The topological polar surface area (TPSA) is 87.5 Å². The molecule has 0 saturated carbocycles. The van der Waals surface area contributed by atoms with Crippen molar-refractivity contribution in [1.82, 2.24) is 14.6 Å². The van der Waals surface area contributed by atoms with E-state index in [4.69, 9.17) is 5.11 Å². The average molecular weight is 221 g/mol. The van der Waals surface area contributed by atoms with Gasteiger partial charge in [0.05, 0.1) is 0 Å². The predicted octanol–water partition coefficient (Wildman–Crippen LogP) is 0.592. The Kier molecular flexibility index (Phi) is 2.26. The average Bonchev–Trinajstić information content (AvgIpc) is 2.62. The van der Waals surface area contributed by atoms with Crippen LogP contribution in [0.4, 0.5) is 0 Å². The fraction of sp³-hybridized carbons (Fsp3) is 0.300. The summed E-state index contributed by atoms with van der Waals surface area (Å²) in [6, 6.07) is 0. The number of fused-ring (bicyclic) bond motifs is 1. The third-order valence-corrected chi connectivity index (χ3v) is 2.55. The highest BCUT2D eigenvalue weighted by Crippen LogP contribution is 2.09. The summed E-state index contributed by atoms with van der Waals surface area (Å²) in [5.74, 6) is -1.10. The number of nitrogens with zero attached hydrogens (tertiary/aromatic N) is 2.